The molecule has 0 saturated heterocycles. The van der Waals surface area contributed by atoms with Crippen molar-refractivity contribution >= 4 is 43.5 Å². The first kappa shape index (κ1) is 24.3. The van der Waals surface area contributed by atoms with Crippen molar-refractivity contribution in [3.8, 4) is 5.75 Å². The van der Waals surface area contributed by atoms with E-state index in [9.17, 15) is 5.11 Å². The first-order valence-corrected chi connectivity index (χ1v) is 14.7. The van der Waals surface area contributed by atoms with E-state index in [2.05, 4.69) is 80.3 Å². The van der Waals surface area contributed by atoms with Gasteiger partial charge in [-0.2, -0.15) is 0 Å². The quantitative estimate of drug-likeness (QED) is 0.342. The average molecular weight is 482 g/mol. The molecule has 0 amide bonds. The maximum absolute atomic E-state index is 10.3. The van der Waals surface area contributed by atoms with E-state index >= 15 is 0 Å². The predicted molar refractivity (Wildman–Crippen MR) is 126 cm³/mol. The van der Waals surface area contributed by atoms with E-state index in [0.717, 1.165) is 18.4 Å². The van der Waals surface area contributed by atoms with Gasteiger partial charge in [0.05, 0.1) is 0 Å². The van der Waals surface area contributed by atoms with Crippen LogP contribution < -0.4 is 15.5 Å². The van der Waals surface area contributed by atoms with Gasteiger partial charge in [-0.1, -0.05) is 62.7 Å². The molecule has 152 valence electrons. The molecule has 0 aromatic heterocycles. The molecule has 0 aliphatic heterocycles. The minimum atomic E-state index is -0.556. The van der Waals surface area contributed by atoms with Crippen LogP contribution in [0.3, 0.4) is 0 Å². The Hall–Kier alpha value is -1.02. The minimum absolute atomic E-state index is 0.384. The van der Waals surface area contributed by atoms with Gasteiger partial charge < -0.3 is 10.0 Å². The van der Waals surface area contributed by atoms with Gasteiger partial charge in [0.15, 0.2) is 0 Å². The van der Waals surface area contributed by atoms with E-state index in [1.54, 1.807) is 6.07 Å². The van der Waals surface area contributed by atoms with Crippen LogP contribution in [0.5, 0.6) is 5.75 Å². The number of rotatable bonds is 6. The Labute approximate surface area is 192 Å². The van der Waals surface area contributed by atoms with Gasteiger partial charge in [-0.05, 0) is 50.1 Å². The van der Waals surface area contributed by atoms with Crippen LogP contribution >= 0.6 is 27.2 Å². The van der Waals surface area contributed by atoms with E-state index in [1.807, 2.05) is 6.07 Å². The number of aromatic hydroxyl groups is 1. The van der Waals surface area contributed by atoms with Gasteiger partial charge >= 0.3 is 35.6 Å². The standard InChI is InChI=1S/C23H26NOP.2ClH.Ti/c1-4-24(16-19-10-6-5-7-11-19)20-12-8-9-18(3)23(20)26-22-15-17(2)13-14-21(22)25;;;/h5-15,25-26H,4,16H2,1-3H3;2*1H;/q;;;+2/p-2. The van der Waals surface area contributed by atoms with Crippen molar-refractivity contribution in [3.05, 3.63) is 83.4 Å². The number of aryl methyl sites for hydroxylation is 2. The molecule has 0 fully saturated rings. The summed E-state index contributed by atoms with van der Waals surface area (Å²) in [6.07, 6.45) is 0. The summed E-state index contributed by atoms with van der Waals surface area (Å²) in [6, 6.07) is 22.9. The fourth-order valence-corrected chi connectivity index (χ4v) is 4.56. The molecular formula is C23H26Cl2NOPTi. The van der Waals surface area contributed by atoms with Gasteiger partial charge in [-0.15, -0.1) is 0 Å². The first-order valence-electron chi connectivity index (χ1n) is 9.41. The molecular weight excluding hydrogens is 456 g/mol. The molecule has 2 nitrogen and oxygen atoms in total. The summed E-state index contributed by atoms with van der Waals surface area (Å²) in [5.41, 5.74) is 5.02. The summed E-state index contributed by atoms with van der Waals surface area (Å²) in [4.78, 5) is 2.41. The van der Waals surface area contributed by atoms with Crippen molar-refractivity contribution in [2.75, 3.05) is 11.4 Å². The first-order chi connectivity index (χ1) is 14.0. The summed E-state index contributed by atoms with van der Waals surface area (Å²) in [5, 5.41) is 12.6. The Kier molecular flexibility index (Phi) is 10.6. The van der Waals surface area contributed by atoms with Crippen LogP contribution in [0, 0.1) is 13.8 Å². The summed E-state index contributed by atoms with van der Waals surface area (Å²) < 4.78 is 0. The molecule has 0 saturated carbocycles. The molecule has 0 bridgehead atoms. The molecule has 29 heavy (non-hydrogen) atoms. The number of nitrogens with zero attached hydrogens (tertiary/aromatic N) is 1. The van der Waals surface area contributed by atoms with Crippen molar-refractivity contribution in [3.63, 3.8) is 0 Å². The topological polar surface area (TPSA) is 23.5 Å². The third-order valence-electron chi connectivity index (χ3n) is 4.60. The van der Waals surface area contributed by atoms with E-state index < -0.39 is 17.0 Å². The zero-order valence-corrected chi connectivity index (χ0v) is 21.0. The van der Waals surface area contributed by atoms with Gasteiger partial charge in [0.2, 0.25) is 0 Å². The molecule has 1 unspecified atom stereocenters. The Balaban J connectivity index is 0.000000941. The SMILES string of the molecule is CCN(Cc1ccccc1)c1cccc(C)c1Pc1cc(C)ccc1O.[Cl][Ti][Cl]. The van der Waals surface area contributed by atoms with Crippen LogP contribution in [-0.4, -0.2) is 11.7 Å². The summed E-state index contributed by atoms with van der Waals surface area (Å²) in [6.45, 7) is 8.25. The monoisotopic (exact) mass is 481 g/mol. The molecule has 0 radical (unpaired) electrons. The normalized spacial score (nSPS) is 10.5. The van der Waals surface area contributed by atoms with Crippen LogP contribution in [0.15, 0.2) is 66.7 Å². The molecule has 1 atom stereocenters. The van der Waals surface area contributed by atoms with Crippen LogP contribution in [0.4, 0.5) is 5.69 Å². The zero-order chi connectivity index (χ0) is 21.2. The maximum atomic E-state index is 10.3. The third-order valence-corrected chi connectivity index (χ3v) is 6.17. The van der Waals surface area contributed by atoms with Crippen LogP contribution in [0.25, 0.3) is 0 Å². The molecule has 0 aliphatic carbocycles. The predicted octanol–water partition coefficient (Wildman–Crippen LogP) is 6.04. The zero-order valence-electron chi connectivity index (χ0n) is 16.9. The van der Waals surface area contributed by atoms with Gasteiger partial charge in [0.1, 0.15) is 5.75 Å². The molecule has 3 aromatic rings. The van der Waals surface area contributed by atoms with Crippen LogP contribution in [-0.2, 0) is 23.6 Å². The number of benzene rings is 3. The van der Waals surface area contributed by atoms with Crippen LogP contribution in [0.1, 0.15) is 23.6 Å². The van der Waals surface area contributed by atoms with Crippen molar-refractivity contribution in [2.24, 2.45) is 0 Å². The van der Waals surface area contributed by atoms with Crippen molar-refractivity contribution in [1.29, 1.82) is 0 Å². The molecule has 0 aliphatic rings. The van der Waals surface area contributed by atoms with Crippen molar-refractivity contribution in [2.45, 2.75) is 27.3 Å². The van der Waals surface area contributed by atoms with E-state index in [-0.39, 0.29) is 0 Å². The summed E-state index contributed by atoms with van der Waals surface area (Å²) in [5.74, 6) is 0.384. The summed E-state index contributed by atoms with van der Waals surface area (Å²) in [7, 11) is 10.2. The molecule has 6 heteroatoms. The molecule has 3 aromatic carbocycles. The Morgan fingerprint density at radius 3 is 2.31 bits per heavy atom. The van der Waals surface area contributed by atoms with E-state index in [1.165, 1.54) is 27.7 Å². The fourth-order valence-electron chi connectivity index (χ4n) is 3.13. The van der Waals surface area contributed by atoms with Crippen molar-refractivity contribution in [1.82, 2.24) is 0 Å². The van der Waals surface area contributed by atoms with Gasteiger partial charge in [0, 0.05) is 29.4 Å². The van der Waals surface area contributed by atoms with Gasteiger partial charge in [0.25, 0.3) is 0 Å². The van der Waals surface area contributed by atoms with E-state index in [4.69, 9.17) is 18.6 Å². The van der Waals surface area contributed by atoms with Gasteiger partial charge in [-0.3, -0.25) is 0 Å². The third kappa shape index (κ3) is 7.32. The van der Waals surface area contributed by atoms with Gasteiger partial charge in [-0.25, -0.2) is 0 Å². The number of phenolic OH excluding ortho intramolecular Hbond substituents is 1. The number of phenols is 1. The van der Waals surface area contributed by atoms with Crippen LogP contribution in [0.2, 0.25) is 0 Å². The molecule has 3 rings (SSSR count). The Morgan fingerprint density at radius 1 is 0.966 bits per heavy atom. The second kappa shape index (κ2) is 12.6. The fraction of sp³-hybridized carbons (Fsp3) is 0.217. The Bertz CT molecular complexity index is 909. The number of halogens is 2. The second-order valence-corrected chi connectivity index (χ2v) is 10.6. The summed E-state index contributed by atoms with van der Waals surface area (Å²) >= 11 is -0.556. The average Bonchev–Trinajstić information content (AvgIpc) is 2.72. The second-order valence-electron chi connectivity index (χ2n) is 6.69. The van der Waals surface area contributed by atoms with Crippen molar-refractivity contribution < 1.29 is 22.1 Å². The Morgan fingerprint density at radius 2 is 1.66 bits per heavy atom. The molecule has 0 heterocycles. The molecule has 0 spiro atoms. The number of anilines is 1. The molecule has 1 N–H and O–H groups in total. The van der Waals surface area contributed by atoms with E-state index in [0.29, 0.717) is 14.3 Å². The number of hydrogen-bond donors (Lipinski definition) is 1. The number of hydrogen-bond acceptors (Lipinski definition) is 2.